The van der Waals surface area contributed by atoms with E-state index in [-0.39, 0.29) is 0 Å². The summed E-state index contributed by atoms with van der Waals surface area (Å²) in [6.45, 7) is 17.8. The van der Waals surface area contributed by atoms with E-state index < -0.39 is 0 Å². The molecule has 0 aliphatic carbocycles. The van der Waals surface area contributed by atoms with E-state index in [1.54, 1.807) is 0 Å². The van der Waals surface area contributed by atoms with Crippen molar-refractivity contribution in [2.75, 3.05) is 53.0 Å². The lowest BCUT2D eigenvalue weighted by molar-refractivity contribution is 0.132. The van der Waals surface area contributed by atoms with E-state index in [0.29, 0.717) is 5.41 Å². The maximum Gasteiger partial charge on any atom is 0.0464 e. The Morgan fingerprint density at radius 3 is 2.14 bits per heavy atom. The summed E-state index contributed by atoms with van der Waals surface area (Å²) in [4.78, 5) is 5.21. The monoisotopic (exact) mass is 312 g/mol. The van der Waals surface area contributed by atoms with Crippen LogP contribution >= 0.6 is 0 Å². The lowest BCUT2D eigenvalue weighted by Gasteiger charge is -2.34. The Labute approximate surface area is 139 Å². The van der Waals surface area contributed by atoms with Crippen LogP contribution < -0.4 is 0 Å². The molecule has 0 saturated carbocycles. The first-order valence-electron chi connectivity index (χ1n) is 9.38. The molecule has 1 heterocycles. The molecule has 1 aliphatic heterocycles. The highest BCUT2D eigenvalue weighted by Gasteiger charge is 2.19. The molecule has 22 heavy (non-hydrogen) atoms. The standard InChI is InChI=1S/C19H40N2O/c1-6-20-12-14-21(15-13-20)11-8-7-9-18(10-16-22-5)17-19(2,3)4/h18H,6-17H2,1-5H3/t18-/m0/s1. The fraction of sp³-hybridized carbons (Fsp3) is 1.00. The summed E-state index contributed by atoms with van der Waals surface area (Å²) < 4.78 is 5.30. The van der Waals surface area contributed by atoms with Crippen LogP contribution in [0.5, 0.6) is 0 Å². The van der Waals surface area contributed by atoms with Gasteiger partial charge < -0.3 is 14.5 Å². The van der Waals surface area contributed by atoms with Crippen LogP contribution in [0.2, 0.25) is 0 Å². The van der Waals surface area contributed by atoms with Crippen LogP contribution in [0.25, 0.3) is 0 Å². The quantitative estimate of drug-likeness (QED) is 0.569. The Bertz CT molecular complexity index is 267. The summed E-state index contributed by atoms with van der Waals surface area (Å²) in [7, 11) is 1.82. The molecule has 1 rings (SSSR count). The van der Waals surface area contributed by atoms with E-state index in [9.17, 15) is 0 Å². The smallest absolute Gasteiger partial charge is 0.0464 e. The molecule has 0 amide bonds. The van der Waals surface area contributed by atoms with Crippen molar-refractivity contribution >= 4 is 0 Å². The van der Waals surface area contributed by atoms with Crippen molar-refractivity contribution in [2.45, 2.75) is 59.8 Å². The largest absolute Gasteiger partial charge is 0.385 e. The third-order valence-electron chi connectivity index (χ3n) is 4.88. The number of likely N-dealkylation sites (N-methyl/N-ethyl adjacent to an activating group) is 1. The Kier molecular flexibility index (Phi) is 9.62. The van der Waals surface area contributed by atoms with Crippen LogP contribution in [-0.2, 0) is 4.74 Å². The second kappa shape index (κ2) is 10.6. The van der Waals surface area contributed by atoms with Gasteiger partial charge >= 0.3 is 0 Å². The van der Waals surface area contributed by atoms with E-state index >= 15 is 0 Å². The van der Waals surface area contributed by atoms with Crippen LogP contribution in [0.4, 0.5) is 0 Å². The van der Waals surface area contributed by atoms with Gasteiger partial charge in [-0.15, -0.1) is 0 Å². The van der Waals surface area contributed by atoms with Gasteiger partial charge in [0, 0.05) is 39.9 Å². The van der Waals surface area contributed by atoms with Crippen molar-refractivity contribution in [3.05, 3.63) is 0 Å². The molecule has 0 aromatic rings. The zero-order chi connectivity index (χ0) is 16.4. The molecular formula is C19H40N2O. The summed E-state index contributed by atoms with van der Waals surface area (Å²) in [5, 5.41) is 0. The molecule has 1 atom stereocenters. The molecule has 132 valence electrons. The minimum absolute atomic E-state index is 0.439. The van der Waals surface area contributed by atoms with Crippen molar-refractivity contribution in [1.82, 2.24) is 9.80 Å². The first-order chi connectivity index (χ1) is 10.4. The minimum atomic E-state index is 0.439. The van der Waals surface area contributed by atoms with Crippen molar-refractivity contribution in [2.24, 2.45) is 11.3 Å². The number of hydrogen-bond acceptors (Lipinski definition) is 3. The van der Waals surface area contributed by atoms with Gasteiger partial charge in [0.1, 0.15) is 0 Å². The minimum Gasteiger partial charge on any atom is -0.385 e. The topological polar surface area (TPSA) is 15.7 Å². The summed E-state index contributed by atoms with van der Waals surface area (Å²) in [6, 6.07) is 0. The van der Waals surface area contributed by atoms with Gasteiger partial charge in [0.05, 0.1) is 0 Å². The Morgan fingerprint density at radius 1 is 0.955 bits per heavy atom. The van der Waals surface area contributed by atoms with Gasteiger partial charge in [0.25, 0.3) is 0 Å². The Hall–Kier alpha value is -0.120. The number of piperazine rings is 1. The van der Waals surface area contributed by atoms with E-state index in [4.69, 9.17) is 4.74 Å². The molecule has 0 radical (unpaired) electrons. The van der Waals surface area contributed by atoms with Gasteiger partial charge in [-0.2, -0.15) is 0 Å². The number of ether oxygens (including phenoxy) is 1. The summed E-state index contributed by atoms with van der Waals surface area (Å²) in [6.07, 6.45) is 6.65. The number of hydrogen-bond donors (Lipinski definition) is 0. The zero-order valence-electron chi connectivity index (χ0n) is 15.9. The zero-order valence-corrected chi connectivity index (χ0v) is 15.9. The van der Waals surface area contributed by atoms with Crippen molar-refractivity contribution < 1.29 is 4.74 Å². The van der Waals surface area contributed by atoms with Crippen LogP contribution in [0.1, 0.15) is 59.8 Å². The van der Waals surface area contributed by atoms with Crippen molar-refractivity contribution in [1.29, 1.82) is 0 Å². The molecule has 1 fully saturated rings. The van der Waals surface area contributed by atoms with Gasteiger partial charge in [0.15, 0.2) is 0 Å². The average molecular weight is 313 g/mol. The molecule has 3 heteroatoms. The molecule has 0 unspecified atom stereocenters. The molecule has 0 aromatic heterocycles. The molecule has 0 N–H and O–H groups in total. The first kappa shape index (κ1) is 19.9. The second-order valence-corrected chi connectivity index (χ2v) is 8.18. The van der Waals surface area contributed by atoms with Gasteiger partial charge in [-0.1, -0.05) is 40.5 Å². The van der Waals surface area contributed by atoms with Gasteiger partial charge in [-0.25, -0.2) is 0 Å². The lowest BCUT2D eigenvalue weighted by Crippen LogP contribution is -2.46. The van der Waals surface area contributed by atoms with Crippen molar-refractivity contribution in [3.8, 4) is 0 Å². The molecule has 0 aromatic carbocycles. The van der Waals surface area contributed by atoms with E-state index in [2.05, 4.69) is 37.5 Å². The van der Waals surface area contributed by atoms with Crippen LogP contribution in [0.15, 0.2) is 0 Å². The fourth-order valence-corrected chi connectivity index (χ4v) is 3.60. The predicted molar refractivity (Wildman–Crippen MR) is 96.5 cm³/mol. The highest BCUT2D eigenvalue weighted by molar-refractivity contribution is 4.72. The number of methoxy groups -OCH3 is 1. The maximum absolute atomic E-state index is 5.30. The summed E-state index contributed by atoms with van der Waals surface area (Å²) >= 11 is 0. The third kappa shape index (κ3) is 9.12. The Balaban J connectivity index is 2.16. The van der Waals surface area contributed by atoms with Crippen molar-refractivity contribution in [3.63, 3.8) is 0 Å². The molecule has 1 saturated heterocycles. The lowest BCUT2D eigenvalue weighted by atomic mass is 9.81. The number of rotatable bonds is 10. The van der Waals surface area contributed by atoms with Crippen LogP contribution in [0.3, 0.4) is 0 Å². The normalized spacial score (nSPS) is 19.5. The van der Waals surface area contributed by atoms with Gasteiger partial charge in [-0.05, 0) is 43.7 Å². The molecular weight excluding hydrogens is 272 g/mol. The van der Waals surface area contributed by atoms with Gasteiger partial charge in [0.2, 0.25) is 0 Å². The maximum atomic E-state index is 5.30. The average Bonchev–Trinajstić information content (AvgIpc) is 2.48. The van der Waals surface area contributed by atoms with E-state index in [0.717, 1.165) is 12.5 Å². The number of nitrogens with zero attached hydrogens (tertiary/aromatic N) is 2. The SMILES string of the molecule is CCN1CCN(CCCC[C@@H](CCOC)CC(C)(C)C)CC1. The highest BCUT2D eigenvalue weighted by atomic mass is 16.5. The molecule has 3 nitrogen and oxygen atoms in total. The third-order valence-corrected chi connectivity index (χ3v) is 4.88. The van der Waals surface area contributed by atoms with E-state index in [1.165, 1.54) is 71.4 Å². The van der Waals surface area contributed by atoms with Gasteiger partial charge in [-0.3, -0.25) is 0 Å². The second-order valence-electron chi connectivity index (χ2n) is 8.18. The summed E-state index contributed by atoms with van der Waals surface area (Å²) in [5.41, 5.74) is 0.439. The van der Waals surface area contributed by atoms with Crippen LogP contribution in [0, 0.1) is 11.3 Å². The number of unbranched alkanes of at least 4 members (excludes halogenated alkanes) is 1. The molecule has 0 bridgehead atoms. The molecule has 0 spiro atoms. The molecule has 1 aliphatic rings. The van der Waals surface area contributed by atoms with E-state index in [1.807, 2.05) is 7.11 Å². The van der Waals surface area contributed by atoms with Crippen LogP contribution in [-0.4, -0.2) is 62.8 Å². The fourth-order valence-electron chi connectivity index (χ4n) is 3.60. The highest BCUT2D eigenvalue weighted by Crippen LogP contribution is 2.29. The predicted octanol–water partition coefficient (Wildman–Crippen LogP) is 3.88. The Morgan fingerprint density at radius 2 is 1.59 bits per heavy atom. The summed E-state index contributed by atoms with van der Waals surface area (Å²) in [5.74, 6) is 0.830. The first-order valence-corrected chi connectivity index (χ1v) is 9.38.